The zero-order valence-electron chi connectivity index (χ0n) is 5.90. The predicted octanol–water partition coefficient (Wildman–Crippen LogP) is 3.38. The Labute approximate surface area is 71.1 Å². The van der Waals surface area contributed by atoms with Crippen LogP contribution in [0.3, 0.4) is 0 Å². The molecule has 55 valence electrons. The van der Waals surface area contributed by atoms with Gasteiger partial charge in [0.15, 0.2) is 0 Å². The van der Waals surface area contributed by atoms with Crippen molar-refractivity contribution in [2.24, 2.45) is 0 Å². The van der Waals surface area contributed by atoms with Gasteiger partial charge in [-0.15, -0.1) is 11.6 Å². The first-order valence-corrected chi connectivity index (χ1v) is 4.63. The van der Waals surface area contributed by atoms with Gasteiger partial charge in [0.2, 0.25) is 0 Å². The van der Waals surface area contributed by atoms with Crippen molar-refractivity contribution in [3.05, 3.63) is 6.42 Å². The summed E-state index contributed by atoms with van der Waals surface area (Å²) in [5.41, 5.74) is 0. The first-order valence-electron chi connectivity index (χ1n) is 3.28. The van der Waals surface area contributed by atoms with Crippen LogP contribution in [-0.2, 0) is 0 Å². The summed E-state index contributed by atoms with van der Waals surface area (Å²) in [4.78, 5) is 0.610. The van der Waals surface area contributed by atoms with Crippen LogP contribution in [0.1, 0.15) is 26.7 Å². The molecule has 2 unspecified atom stereocenters. The van der Waals surface area contributed by atoms with Gasteiger partial charge in [-0.3, -0.25) is 0 Å². The molecular weight excluding hydrogens is 199 g/mol. The molecule has 0 aromatic carbocycles. The highest BCUT2D eigenvalue weighted by atomic mass is 79.9. The Hall–Kier alpha value is 0.770. The molecule has 0 N–H and O–H groups in total. The Morgan fingerprint density at radius 1 is 1.67 bits per heavy atom. The van der Waals surface area contributed by atoms with E-state index in [1.165, 1.54) is 6.42 Å². The summed E-state index contributed by atoms with van der Waals surface area (Å²) in [6.45, 7) is 4.14. The second kappa shape index (κ2) is 5.55. The van der Waals surface area contributed by atoms with E-state index < -0.39 is 0 Å². The molecule has 0 fully saturated rings. The highest BCUT2D eigenvalue weighted by Crippen LogP contribution is 2.14. The molecule has 0 aromatic rings. The topological polar surface area (TPSA) is 0 Å². The van der Waals surface area contributed by atoms with Gasteiger partial charge in [0.1, 0.15) is 0 Å². The SMILES string of the molecule is CCC(Br)C[CH]C(C)Cl. The van der Waals surface area contributed by atoms with Crippen molar-refractivity contribution in [1.82, 2.24) is 0 Å². The second-order valence-corrected chi connectivity index (χ2v) is 4.14. The molecule has 0 spiro atoms. The average Bonchev–Trinajstić information content (AvgIpc) is 1.83. The van der Waals surface area contributed by atoms with Gasteiger partial charge in [-0.25, -0.2) is 0 Å². The Kier molecular flexibility index (Phi) is 6.02. The number of hydrogen-bond acceptors (Lipinski definition) is 0. The van der Waals surface area contributed by atoms with Crippen LogP contribution >= 0.6 is 27.5 Å². The van der Waals surface area contributed by atoms with Crippen LogP contribution in [0.2, 0.25) is 0 Å². The number of halogens is 2. The summed E-state index contributed by atoms with van der Waals surface area (Å²) in [5.74, 6) is 0. The number of rotatable bonds is 4. The molecule has 2 heteroatoms. The molecule has 0 saturated heterocycles. The van der Waals surface area contributed by atoms with Gasteiger partial charge in [-0.1, -0.05) is 22.9 Å². The highest BCUT2D eigenvalue weighted by Gasteiger charge is 2.02. The summed E-state index contributed by atoms with van der Waals surface area (Å²) >= 11 is 9.22. The molecule has 0 aliphatic heterocycles. The smallest absolute Gasteiger partial charge is 0.0339 e. The molecule has 0 nitrogen and oxygen atoms in total. The molecule has 1 radical (unpaired) electrons. The normalized spacial score (nSPS) is 17.3. The second-order valence-electron chi connectivity index (χ2n) is 2.15. The molecule has 0 aliphatic rings. The van der Waals surface area contributed by atoms with Gasteiger partial charge in [0, 0.05) is 10.2 Å². The maximum atomic E-state index is 5.70. The Bertz CT molecular complexity index is 63.9. The fourth-order valence-electron chi connectivity index (χ4n) is 0.502. The molecule has 0 aliphatic carbocycles. The third-order valence-corrected chi connectivity index (χ3v) is 2.36. The standard InChI is InChI=1S/C7H13BrCl/c1-3-7(8)5-4-6(2)9/h4,6-7H,3,5H2,1-2H3. The molecule has 2 atom stereocenters. The Morgan fingerprint density at radius 3 is 2.56 bits per heavy atom. The Balaban J connectivity index is 3.06. The van der Waals surface area contributed by atoms with Crippen molar-refractivity contribution in [2.45, 2.75) is 36.9 Å². The molecule has 0 heterocycles. The van der Waals surface area contributed by atoms with E-state index in [-0.39, 0.29) is 5.38 Å². The van der Waals surface area contributed by atoms with E-state index in [9.17, 15) is 0 Å². The third-order valence-electron chi connectivity index (χ3n) is 1.16. The number of alkyl halides is 2. The first kappa shape index (κ1) is 9.77. The monoisotopic (exact) mass is 211 g/mol. The van der Waals surface area contributed by atoms with Crippen molar-refractivity contribution in [3.63, 3.8) is 0 Å². The lowest BCUT2D eigenvalue weighted by atomic mass is 10.2. The van der Waals surface area contributed by atoms with E-state index >= 15 is 0 Å². The molecule has 0 saturated carbocycles. The average molecular weight is 213 g/mol. The van der Waals surface area contributed by atoms with Crippen LogP contribution in [0.4, 0.5) is 0 Å². The quantitative estimate of drug-likeness (QED) is 0.627. The van der Waals surface area contributed by atoms with Crippen LogP contribution in [0, 0.1) is 6.42 Å². The van der Waals surface area contributed by atoms with E-state index in [1.54, 1.807) is 0 Å². The first-order chi connectivity index (χ1) is 4.16. The van der Waals surface area contributed by atoms with E-state index in [2.05, 4.69) is 29.3 Å². The number of hydrogen-bond donors (Lipinski definition) is 0. The minimum Gasteiger partial charge on any atom is -0.123 e. The van der Waals surface area contributed by atoms with Crippen LogP contribution in [0.15, 0.2) is 0 Å². The van der Waals surface area contributed by atoms with Crippen LogP contribution in [0.25, 0.3) is 0 Å². The van der Waals surface area contributed by atoms with Crippen molar-refractivity contribution >= 4 is 27.5 Å². The van der Waals surface area contributed by atoms with Crippen LogP contribution in [0.5, 0.6) is 0 Å². The lowest BCUT2D eigenvalue weighted by Gasteiger charge is -2.05. The summed E-state index contributed by atoms with van der Waals surface area (Å²) in [7, 11) is 0. The van der Waals surface area contributed by atoms with Crippen molar-refractivity contribution < 1.29 is 0 Å². The van der Waals surface area contributed by atoms with Gasteiger partial charge in [0.25, 0.3) is 0 Å². The summed E-state index contributed by atoms with van der Waals surface area (Å²) < 4.78 is 0. The highest BCUT2D eigenvalue weighted by molar-refractivity contribution is 9.09. The minimum atomic E-state index is 0.205. The minimum absolute atomic E-state index is 0.205. The van der Waals surface area contributed by atoms with Gasteiger partial charge >= 0.3 is 0 Å². The summed E-state index contributed by atoms with van der Waals surface area (Å²) in [6, 6.07) is 0. The maximum absolute atomic E-state index is 5.70. The van der Waals surface area contributed by atoms with Gasteiger partial charge in [-0.05, 0) is 26.2 Å². The van der Waals surface area contributed by atoms with Crippen molar-refractivity contribution in [1.29, 1.82) is 0 Å². The van der Waals surface area contributed by atoms with Crippen LogP contribution in [-0.4, -0.2) is 10.2 Å². The Morgan fingerprint density at radius 2 is 2.22 bits per heavy atom. The molecule has 0 aromatic heterocycles. The van der Waals surface area contributed by atoms with E-state index in [0.29, 0.717) is 4.83 Å². The lowest BCUT2D eigenvalue weighted by molar-refractivity contribution is 0.794. The maximum Gasteiger partial charge on any atom is 0.0339 e. The zero-order valence-corrected chi connectivity index (χ0v) is 8.24. The van der Waals surface area contributed by atoms with Crippen LogP contribution < -0.4 is 0 Å². The molecule has 0 bridgehead atoms. The van der Waals surface area contributed by atoms with Crippen molar-refractivity contribution in [3.8, 4) is 0 Å². The fourth-order valence-corrected chi connectivity index (χ4v) is 0.821. The predicted molar refractivity (Wildman–Crippen MR) is 47.2 cm³/mol. The fraction of sp³-hybridized carbons (Fsp3) is 0.857. The van der Waals surface area contributed by atoms with Crippen molar-refractivity contribution in [2.75, 3.05) is 0 Å². The lowest BCUT2D eigenvalue weighted by Crippen LogP contribution is -2.00. The molecule has 0 rings (SSSR count). The largest absolute Gasteiger partial charge is 0.123 e. The van der Waals surface area contributed by atoms with E-state index in [0.717, 1.165) is 6.42 Å². The summed E-state index contributed by atoms with van der Waals surface area (Å²) in [6.07, 6.45) is 4.35. The third kappa shape index (κ3) is 6.66. The molecule has 9 heavy (non-hydrogen) atoms. The van der Waals surface area contributed by atoms with Gasteiger partial charge in [0.05, 0.1) is 0 Å². The van der Waals surface area contributed by atoms with Gasteiger partial charge < -0.3 is 0 Å². The molecular formula is C7H13BrCl. The molecule has 0 amide bonds. The van der Waals surface area contributed by atoms with E-state index in [4.69, 9.17) is 11.6 Å². The van der Waals surface area contributed by atoms with Gasteiger partial charge in [-0.2, -0.15) is 0 Å². The zero-order chi connectivity index (χ0) is 7.28. The van der Waals surface area contributed by atoms with E-state index in [1.807, 2.05) is 6.92 Å². The summed E-state index contributed by atoms with van der Waals surface area (Å²) in [5, 5.41) is 0.205.